The van der Waals surface area contributed by atoms with Crippen LogP contribution in [0, 0.1) is 0 Å². The fourth-order valence-electron chi connectivity index (χ4n) is 1.87. The van der Waals surface area contributed by atoms with Crippen molar-refractivity contribution in [3.8, 4) is 0 Å². The summed E-state index contributed by atoms with van der Waals surface area (Å²) in [7, 11) is 0. The first-order valence-corrected chi connectivity index (χ1v) is 5.93. The molecule has 7 nitrogen and oxygen atoms in total. The van der Waals surface area contributed by atoms with Crippen LogP contribution in [0.5, 0.6) is 0 Å². The third-order valence-electron chi connectivity index (χ3n) is 2.78. The first-order valence-electron chi connectivity index (χ1n) is 5.93. The average molecular weight is 252 g/mol. The van der Waals surface area contributed by atoms with E-state index in [0.29, 0.717) is 12.2 Å². The summed E-state index contributed by atoms with van der Waals surface area (Å²) in [4.78, 5) is 31.3. The van der Waals surface area contributed by atoms with E-state index in [1.54, 1.807) is 11.5 Å². The lowest BCUT2D eigenvalue weighted by atomic mass is 10.2. The van der Waals surface area contributed by atoms with Crippen molar-refractivity contribution in [2.45, 2.75) is 38.8 Å². The Morgan fingerprint density at radius 2 is 2.17 bits per heavy atom. The molecule has 0 aliphatic rings. The van der Waals surface area contributed by atoms with E-state index in [1.165, 1.54) is 6.33 Å². The van der Waals surface area contributed by atoms with Crippen molar-refractivity contribution in [3.63, 3.8) is 0 Å². The van der Waals surface area contributed by atoms with Gasteiger partial charge in [-0.2, -0.15) is 0 Å². The van der Waals surface area contributed by atoms with E-state index in [0.717, 1.165) is 19.3 Å². The van der Waals surface area contributed by atoms with Crippen LogP contribution in [0.2, 0.25) is 0 Å². The molecule has 2 rings (SSSR count). The molecule has 0 amide bonds. The first-order chi connectivity index (χ1) is 8.58. The molecular formula is C11H16N4O3. The van der Waals surface area contributed by atoms with Crippen molar-refractivity contribution < 1.29 is 5.11 Å². The van der Waals surface area contributed by atoms with Crippen molar-refractivity contribution >= 4 is 11.2 Å². The van der Waals surface area contributed by atoms with Crippen molar-refractivity contribution in [2.75, 3.05) is 0 Å². The van der Waals surface area contributed by atoms with Crippen LogP contribution in [-0.2, 0) is 6.54 Å². The maximum Gasteiger partial charge on any atom is 0.327 e. The summed E-state index contributed by atoms with van der Waals surface area (Å²) in [5.41, 5.74) is -0.319. The minimum atomic E-state index is -0.529. The molecule has 0 saturated heterocycles. The molecule has 0 aliphatic carbocycles. The second-order valence-electron chi connectivity index (χ2n) is 4.39. The highest BCUT2D eigenvalue weighted by Gasteiger charge is 2.07. The molecule has 0 spiro atoms. The first kappa shape index (κ1) is 12.6. The van der Waals surface area contributed by atoms with Gasteiger partial charge < -0.3 is 9.67 Å². The van der Waals surface area contributed by atoms with Crippen molar-refractivity contribution in [3.05, 3.63) is 27.2 Å². The van der Waals surface area contributed by atoms with Gasteiger partial charge in [0, 0.05) is 6.54 Å². The lowest BCUT2D eigenvalue weighted by Crippen LogP contribution is -2.22. The zero-order valence-corrected chi connectivity index (χ0v) is 10.1. The van der Waals surface area contributed by atoms with Gasteiger partial charge in [0.25, 0.3) is 5.56 Å². The third kappa shape index (κ3) is 2.67. The number of aromatic nitrogens is 4. The monoisotopic (exact) mass is 252 g/mol. The lowest BCUT2D eigenvalue weighted by molar-refractivity contribution is 0.180. The van der Waals surface area contributed by atoms with Gasteiger partial charge in [0.05, 0.1) is 12.4 Å². The Hall–Kier alpha value is -1.89. The van der Waals surface area contributed by atoms with Gasteiger partial charge in [0.1, 0.15) is 5.65 Å². The van der Waals surface area contributed by atoms with Crippen molar-refractivity contribution in [1.29, 1.82) is 0 Å². The maximum absolute atomic E-state index is 11.4. The normalized spacial score (nSPS) is 13.0. The Kier molecular flexibility index (Phi) is 3.61. The Balaban J connectivity index is 2.14. The van der Waals surface area contributed by atoms with Crippen LogP contribution in [0.3, 0.4) is 0 Å². The van der Waals surface area contributed by atoms with Crippen LogP contribution in [0.1, 0.15) is 26.2 Å². The van der Waals surface area contributed by atoms with Gasteiger partial charge >= 0.3 is 5.69 Å². The Bertz CT molecular complexity index is 638. The molecule has 0 aliphatic heterocycles. The molecule has 7 heteroatoms. The number of nitrogens with one attached hydrogen (secondary N) is 2. The number of unbranched alkanes of at least 4 members (excludes halogenated alkanes) is 1. The highest BCUT2D eigenvalue weighted by Crippen LogP contribution is 2.07. The Labute approximate surface area is 102 Å². The molecule has 0 fully saturated rings. The van der Waals surface area contributed by atoms with Gasteiger partial charge in [-0.05, 0) is 26.2 Å². The van der Waals surface area contributed by atoms with Crippen molar-refractivity contribution in [2.24, 2.45) is 0 Å². The zero-order valence-electron chi connectivity index (χ0n) is 10.1. The minimum absolute atomic E-state index is 0.241. The van der Waals surface area contributed by atoms with Gasteiger partial charge in [-0.1, -0.05) is 0 Å². The van der Waals surface area contributed by atoms with Gasteiger partial charge in [0.15, 0.2) is 5.52 Å². The zero-order chi connectivity index (χ0) is 13.1. The summed E-state index contributed by atoms with van der Waals surface area (Å²) in [6.07, 6.45) is 3.71. The van der Waals surface area contributed by atoms with Gasteiger partial charge in [-0.25, -0.2) is 9.78 Å². The van der Waals surface area contributed by atoms with Crippen LogP contribution in [0.25, 0.3) is 11.2 Å². The highest BCUT2D eigenvalue weighted by molar-refractivity contribution is 5.68. The maximum atomic E-state index is 11.4. The van der Waals surface area contributed by atoms with Crippen LogP contribution in [-0.4, -0.2) is 30.7 Å². The number of hydrogen-bond acceptors (Lipinski definition) is 4. The van der Waals surface area contributed by atoms with E-state index in [4.69, 9.17) is 5.11 Å². The number of H-pyrrole nitrogens is 2. The van der Waals surface area contributed by atoms with Crippen LogP contribution in [0.15, 0.2) is 15.9 Å². The molecular weight excluding hydrogens is 236 g/mol. The number of aromatic amines is 2. The third-order valence-corrected chi connectivity index (χ3v) is 2.78. The SMILES string of the molecule is CC(O)CCCCn1cnc2c(=O)[nH]c(=O)[nH]c21. The van der Waals surface area contributed by atoms with Crippen molar-refractivity contribution in [1.82, 2.24) is 19.5 Å². The van der Waals surface area contributed by atoms with E-state index in [9.17, 15) is 9.59 Å². The molecule has 2 aromatic heterocycles. The second kappa shape index (κ2) is 5.18. The summed E-state index contributed by atoms with van der Waals surface area (Å²) in [5, 5.41) is 9.14. The van der Waals surface area contributed by atoms with E-state index < -0.39 is 11.2 Å². The topological polar surface area (TPSA) is 104 Å². The van der Waals surface area contributed by atoms with Gasteiger partial charge in [0.2, 0.25) is 0 Å². The standard InChI is InChI=1S/C11H16N4O3/c1-7(16)4-2-3-5-15-6-12-8-9(15)13-11(18)14-10(8)17/h6-7,16H,2-5H2,1H3,(H2,13,14,17,18). The molecule has 1 unspecified atom stereocenters. The summed E-state index contributed by atoms with van der Waals surface area (Å²) in [6.45, 7) is 2.41. The number of hydrogen-bond donors (Lipinski definition) is 3. The number of aliphatic hydroxyl groups excluding tert-OH is 1. The summed E-state index contributed by atoms with van der Waals surface area (Å²) in [5.74, 6) is 0. The van der Waals surface area contributed by atoms with Gasteiger partial charge in [-0.3, -0.25) is 14.8 Å². The minimum Gasteiger partial charge on any atom is -0.393 e. The Morgan fingerprint density at radius 1 is 1.39 bits per heavy atom. The molecule has 2 heterocycles. The number of nitrogens with zero attached hydrogens (tertiary/aromatic N) is 2. The average Bonchev–Trinajstić information content (AvgIpc) is 2.67. The number of imidazole rings is 1. The molecule has 3 N–H and O–H groups in total. The van der Waals surface area contributed by atoms with E-state index in [-0.39, 0.29) is 11.6 Å². The van der Waals surface area contributed by atoms with E-state index in [1.807, 2.05) is 0 Å². The number of fused-ring (bicyclic) bond motifs is 1. The number of aliphatic hydroxyl groups is 1. The molecule has 2 aromatic rings. The summed E-state index contributed by atoms with van der Waals surface area (Å²) < 4.78 is 1.74. The fourth-order valence-corrected chi connectivity index (χ4v) is 1.87. The molecule has 0 aromatic carbocycles. The van der Waals surface area contributed by atoms with Crippen LogP contribution >= 0.6 is 0 Å². The number of aryl methyl sites for hydroxylation is 1. The molecule has 98 valence electrons. The van der Waals surface area contributed by atoms with Crippen LogP contribution in [0.4, 0.5) is 0 Å². The summed E-state index contributed by atoms with van der Waals surface area (Å²) in [6, 6.07) is 0. The van der Waals surface area contributed by atoms with Crippen LogP contribution < -0.4 is 11.2 Å². The van der Waals surface area contributed by atoms with Gasteiger partial charge in [-0.15, -0.1) is 0 Å². The largest absolute Gasteiger partial charge is 0.393 e. The fraction of sp³-hybridized carbons (Fsp3) is 0.545. The number of rotatable bonds is 5. The smallest absolute Gasteiger partial charge is 0.327 e. The molecule has 1 atom stereocenters. The predicted octanol–water partition coefficient (Wildman–Crippen LogP) is -0.0360. The Morgan fingerprint density at radius 3 is 2.89 bits per heavy atom. The predicted molar refractivity (Wildman–Crippen MR) is 66.5 cm³/mol. The molecule has 0 bridgehead atoms. The highest BCUT2D eigenvalue weighted by atomic mass is 16.3. The molecule has 0 radical (unpaired) electrons. The quantitative estimate of drug-likeness (QED) is 0.650. The molecule has 18 heavy (non-hydrogen) atoms. The van der Waals surface area contributed by atoms with E-state index in [2.05, 4.69) is 15.0 Å². The lowest BCUT2D eigenvalue weighted by Gasteiger charge is -2.05. The second-order valence-corrected chi connectivity index (χ2v) is 4.39. The molecule has 0 saturated carbocycles. The summed E-state index contributed by atoms with van der Waals surface area (Å²) >= 11 is 0. The van der Waals surface area contributed by atoms with E-state index >= 15 is 0 Å².